The Balaban J connectivity index is 2.95. The molecule has 0 spiro atoms. The molecule has 0 aliphatic heterocycles. The van der Waals surface area contributed by atoms with E-state index in [1.54, 1.807) is 6.26 Å². The first-order chi connectivity index (χ1) is 32.1. The molecule has 0 aliphatic carbocycles. The van der Waals surface area contributed by atoms with Crippen LogP contribution in [0.1, 0.15) is 31.2 Å². The standard InChI is InChI=1S/C38H60N12O15S3/c1-68-10-8-21(32(59)50-27(17-67)35(62)46-23(37(64)65)11-18-4-6-19(53)7-5-18)45-34(61)25(15-52)48-33(60)22(12-29(55)56)44-28(54)13-43-31(58)24(14-51)47-36(63)26(16-66)49-30(57)20(39)3-2-9-42-38(40)41/h4-7,20-27,51-53,66-67H,2-3,8-17,39H2,1H3,(H,43,58)(H,44,54)(H,45,61)(H,46,62)(H,47,63)(H,48,60)(H,49,57)(H,50,59)(H,55,56)(H,64,65)(H4,40,41,42). The maximum absolute atomic E-state index is 13.4. The number of carboxylic acids is 2. The van der Waals surface area contributed by atoms with Gasteiger partial charge in [-0.3, -0.25) is 48.1 Å². The van der Waals surface area contributed by atoms with E-state index < -0.39 is 134 Å². The first kappa shape index (κ1) is 59.9. The summed E-state index contributed by atoms with van der Waals surface area (Å²) in [5, 5.41) is 66.3. The van der Waals surface area contributed by atoms with Crippen molar-refractivity contribution >= 4 is 102 Å². The maximum atomic E-state index is 13.4. The van der Waals surface area contributed by atoms with E-state index in [1.807, 2.05) is 0 Å². The Morgan fingerprint density at radius 2 is 1.12 bits per heavy atom. The second kappa shape index (κ2) is 31.8. The van der Waals surface area contributed by atoms with Crippen molar-refractivity contribution in [2.75, 3.05) is 49.8 Å². The molecule has 68 heavy (non-hydrogen) atoms. The van der Waals surface area contributed by atoms with E-state index in [4.69, 9.17) is 17.2 Å². The van der Waals surface area contributed by atoms with Crippen LogP contribution in [0.25, 0.3) is 0 Å². The van der Waals surface area contributed by atoms with Crippen LogP contribution in [0.4, 0.5) is 0 Å². The fourth-order valence-corrected chi connectivity index (χ4v) is 6.54. The summed E-state index contributed by atoms with van der Waals surface area (Å²) in [4.78, 5) is 131. The number of aliphatic hydroxyl groups is 2. The molecule has 30 heteroatoms. The zero-order valence-corrected chi connectivity index (χ0v) is 39.3. The fourth-order valence-electron chi connectivity index (χ4n) is 5.56. The summed E-state index contributed by atoms with van der Waals surface area (Å²) in [5.74, 6) is -11.8. The number of nitrogens with zero attached hydrogens (tertiary/aromatic N) is 1. The van der Waals surface area contributed by atoms with Gasteiger partial charge in [-0.15, -0.1) is 0 Å². The van der Waals surface area contributed by atoms with Crippen molar-refractivity contribution in [1.29, 1.82) is 0 Å². The summed E-state index contributed by atoms with van der Waals surface area (Å²) in [6, 6.07) is -6.54. The summed E-state index contributed by atoms with van der Waals surface area (Å²) in [6.07, 6.45) is 0.865. The molecule has 0 aromatic heterocycles. The number of aliphatic imine (C=N–C) groups is 1. The van der Waals surface area contributed by atoms with Crippen molar-refractivity contribution in [3.8, 4) is 5.75 Å². The van der Waals surface area contributed by atoms with Gasteiger partial charge in [0.2, 0.25) is 47.3 Å². The lowest BCUT2D eigenvalue weighted by molar-refractivity contribution is -0.142. The molecule has 0 saturated carbocycles. The molecule has 380 valence electrons. The van der Waals surface area contributed by atoms with E-state index in [0.29, 0.717) is 12.0 Å². The van der Waals surface area contributed by atoms with Gasteiger partial charge >= 0.3 is 11.9 Å². The Kier molecular flexibility index (Phi) is 28.0. The topological polar surface area (TPSA) is 459 Å². The minimum Gasteiger partial charge on any atom is -0.508 e. The van der Waals surface area contributed by atoms with Crippen molar-refractivity contribution < 1.29 is 73.5 Å². The number of aliphatic carboxylic acids is 2. The predicted molar refractivity (Wildman–Crippen MR) is 251 cm³/mol. The molecule has 8 atom stereocenters. The van der Waals surface area contributed by atoms with Gasteiger partial charge in [-0.2, -0.15) is 37.0 Å². The molecule has 1 aromatic carbocycles. The zero-order valence-electron chi connectivity index (χ0n) is 36.7. The minimum absolute atomic E-state index is 0.0563. The smallest absolute Gasteiger partial charge is 0.326 e. The molecule has 0 saturated heterocycles. The van der Waals surface area contributed by atoms with Crippen molar-refractivity contribution in [1.82, 2.24) is 42.5 Å². The molecule has 0 fully saturated rings. The maximum Gasteiger partial charge on any atom is 0.326 e. The number of guanidine groups is 1. The number of carboxylic acid groups (broad SMARTS) is 2. The van der Waals surface area contributed by atoms with Gasteiger partial charge in [0.1, 0.15) is 48.0 Å². The largest absolute Gasteiger partial charge is 0.508 e. The Morgan fingerprint density at radius 1 is 0.647 bits per heavy atom. The van der Waals surface area contributed by atoms with Gasteiger partial charge < -0.3 is 85.3 Å². The molecule has 8 amide bonds. The average Bonchev–Trinajstić information content (AvgIpc) is 3.29. The number of thioether (sulfide) groups is 1. The predicted octanol–water partition coefficient (Wildman–Crippen LogP) is -7.02. The zero-order chi connectivity index (χ0) is 51.5. The van der Waals surface area contributed by atoms with Crippen LogP contribution in [-0.4, -0.2) is 189 Å². The van der Waals surface area contributed by atoms with Crippen LogP contribution >= 0.6 is 37.0 Å². The van der Waals surface area contributed by atoms with E-state index in [2.05, 4.69) is 72.8 Å². The van der Waals surface area contributed by atoms with Gasteiger partial charge in [-0.05, 0) is 49.0 Å². The lowest BCUT2D eigenvalue weighted by atomic mass is 10.1. The third-order valence-electron chi connectivity index (χ3n) is 9.25. The number of hydrogen-bond acceptors (Lipinski definition) is 18. The Labute approximate surface area is 404 Å². The highest BCUT2D eigenvalue weighted by molar-refractivity contribution is 7.98. The number of thiol groups is 2. The van der Waals surface area contributed by atoms with Crippen LogP contribution < -0.4 is 59.7 Å². The highest BCUT2D eigenvalue weighted by atomic mass is 32.2. The first-order valence-electron chi connectivity index (χ1n) is 20.5. The number of amides is 8. The summed E-state index contributed by atoms with van der Waals surface area (Å²) in [7, 11) is 0. The van der Waals surface area contributed by atoms with Gasteiger partial charge in [0.15, 0.2) is 5.96 Å². The van der Waals surface area contributed by atoms with Crippen molar-refractivity contribution in [3.05, 3.63) is 29.8 Å². The van der Waals surface area contributed by atoms with Gasteiger partial charge in [0.05, 0.1) is 32.2 Å². The van der Waals surface area contributed by atoms with Crippen LogP contribution in [-0.2, 0) is 54.4 Å². The fraction of sp³-hybridized carbons (Fsp3) is 0.553. The van der Waals surface area contributed by atoms with E-state index in [1.165, 1.54) is 36.0 Å². The van der Waals surface area contributed by atoms with E-state index >= 15 is 0 Å². The van der Waals surface area contributed by atoms with Crippen LogP contribution in [0.2, 0.25) is 0 Å². The molecule has 0 aliphatic rings. The number of carbonyl (C=O) groups excluding carboxylic acids is 8. The van der Waals surface area contributed by atoms with Crippen molar-refractivity contribution in [2.45, 2.75) is 80.4 Å². The molecule has 1 rings (SSSR count). The van der Waals surface area contributed by atoms with Crippen molar-refractivity contribution in [2.24, 2.45) is 22.2 Å². The molecule has 27 nitrogen and oxygen atoms in total. The summed E-state index contributed by atoms with van der Waals surface area (Å²) in [5.41, 5.74) is 16.8. The number of nitrogens with one attached hydrogen (secondary N) is 8. The quantitative estimate of drug-likeness (QED) is 0.0138. The van der Waals surface area contributed by atoms with Crippen LogP contribution in [0.15, 0.2) is 29.3 Å². The van der Waals surface area contributed by atoms with E-state index in [-0.39, 0.29) is 54.8 Å². The van der Waals surface area contributed by atoms with E-state index in [9.17, 15) is 73.5 Å². The third-order valence-corrected chi connectivity index (χ3v) is 10.6. The molecule has 19 N–H and O–H groups in total. The number of hydrogen-bond donors (Lipinski definition) is 18. The van der Waals surface area contributed by atoms with Gasteiger partial charge in [0, 0.05) is 24.5 Å². The Morgan fingerprint density at radius 3 is 1.62 bits per heavy atom. The molecular formula is C38H60N12O15S3. The van der Waals surface area contributed by atoms with Gasteiger partial charge in [-0.25, -0.2) is 4.79 Å². The number of aromatic hydroxyl groups is 1. The molecule has 0 radical (unpaired) electrons. The highest BCUT2D eigenvalue weighted by Crippen LogP contribution is 2.12. The minimum atomic E-state index is -1.92. The van der Waals surface area contributed by atoms with Crippen molar-refractivity contribution in [3.63, 3.8) is 0 Å². The normalized spacial score (nSPS) is 14.3. The number of carbonyl (C=O) groups is 10. The molecular weight excluding hydrogens is 961 g/mol. The van der Waals surface area contributed by atoms with Crippen LogP contribution in [0, 0.1) is 0 Å². The molecule has 8 unspecified atom stereocenters. The number of phenols is 1. The number of benzene rings is 1. The second-order valence-corrected chi connectivity index (χ2v) is 16.3. The third kappa shape index (κ3) is 22.6. The second-order valence-electron chi connectivity index (χ2n) is 14.6. The molecule has 0 heterocycles. The highest BCUT2D eigenvalue weighted by Gasteiger charge is 2.33. The van der Waals surface area contributed by atoms with Crippen LogP contribution in [0.5, 0.6) is 5.75 Å². The lowest BCUT2D eigenvalue weighted by Crippen LogP contribution is -2.60. The molecule has 0 bridgehead atoms. The SMILES string of the molecule is CSCCC(NC(=O)C(CO)NC(=O)C(CC(=O)O)NC(=O)CNC(=O)C(CO)NC(=O)C(CS)NC(=O)C(N)CCCN=C(N)N)C(=O)NC(CS)C(=O)NC(Cc1ccc(O)cc1)C(=O)O. The van der Waals surface area contributed by atoms with Gasteiger partial charge in [0.25, 0.3) is 0 Å². The monoisotopic (exact) mass is 1020 g/mol. The molecule has 1 aromatic rings. The van der Waals surface area contributed by atoms with E-state index in [0.717, 1.165) is 0 Å². The summed E-state index contributed by atoms with van der Waals surface area (Å²) >= 11 is 9.40. The number of rotatable bonds is 32. The average molecular weight is 1020 g/mol. The lowest BCUT2D eigenvalue weighted by Gasteiger charge is -2.26. The number of phenolic OH excluding ortho intramolecular Hbond substituents is 1. The Bertz CT molecular complexity index is 1930. The summed E-state index contributed by atoms with van der Waals surface area (Å²) in [6.45, 7) is -2.83. The summed E-state index contributed by atoms with van der Waals surface area (Å²) < 4.78 is 0. The Hall–Kier alpha value is -6.08. The first-order valence-corrected chi connectivity index (χ1v) is 23.1. The van der Waals surface area contributed by atoms with Gasteiger partial charge in [-0.1, -0.05) is 12.1 Å². The van der Waals surface area contributed by atoms with Crippen LogP contribution in [0.3, 0.4) is 0 Å². The number of nitrogens with two attached hydrogens (primary N) is 3. The number of aliphatic hydroxyl groups excluding tert-OH is 2.